The fraction of sp³-hybridized carbons (Fsp3) is 0.850. The number of unbranched alkanes of at least 4 members (excludes halogenated alkanes) is 8. The zero-order valence-corrected chi connectivity index (χ0v) is 15.5. The van der Waals surface area contributed by atoms with E-state index in [0.29, 0.717) is 6.42 Å². The van der Waals surface area contributed by atoms with Gasteiger partial charge in [-0.15, -0.1) is 0 Å². The lowest BCUT2D eigenvalue weighted by molar-refractivity contribution is -0.121. The Hall–Kier alpha value is -0.830. The summed E-state index contributed by atoms with van der Waals surface area (Å²) >= 11 is 0. The van der Waals surface area contributed by atoms with Crippen molar-refractivity contribution in [2.75, 3.05) is 6.54 Å². The molecular weight excluding hydrogens is 286 g/mol. The number of hydrogen-bond donors (Lipinski definition) is 2. The van der Waals surface area contributed by atoms with E-state index in [9.17, 15) is 9.90 Å². The van der Waals surface area contributed by atoms with E-state index >= 15 is 0 Å². The van der Waals surface area contributed by atoms with Gasteiger partial charge in [-0.2, -0.15) is 0 Å². The second-order valence-electron chi connectivity index (χ2n) is 6.47. The predicted octanol–water partition coefficient (Wildman–Crippen LogP) is 5.13. The van der Waals surface area contributed by atoms with Crippen LogP contribution in [0.2, 0.25) is 0 Å². The Labute approximate surface area is 143 Å². The SMILES string of the molecule is CCCCCC[C@@H](O)C/C=C\CCCCCCCC(=O)NCC. The highest BCUT2D eigenvalue weighted by Crippen LogP contribution is 2.10. The minimum absolute atomic E-state index is 0.155. The van der Waals surface area contributed by atoms with E-state index in [2.05, 4.69) is 24.4 Å². The van der Waals surface area contributed by atoms with Gasteiger partial charge in [0.15, 0.2) is 0 Å². The Morgan fingerprint density at radius 3 is 2.39 bits per heavy atom. The Morgan fingerprint density at radius 1 is 0.957 bits per heavy atom. The van der Waals surface area contributed by atoms with Crippen LogP contribution in [0.25, 0.3) is 0 Å². The van der Waals surface area contributed by atoms with Crippen molar-refractivity contribution in [3.8, 4) is 0 Å². The van der Waals surface area contributed by atoms with Crippen molar-refractivity contribution in [2.45, 2.75) is 103 Å². The Bertz CT molecular complexity index is 289. The first kappa shape index (κ1) is 22.2. The highest BCUT2D eigenvalue weighted by Gasteiger charge is 2.01. The Morgan fingerprint density at radius 2 is 1.65 bits per heavy atom. The van der Waals surface area contributed by atoms with Gasteiger partial charge in [0.2, 0.25) is 5.91 Å². The van der Waals surface area contributed by atoms with E-state index in [-0.39, 0.29) is 12.0 Å². The van der Waals surface area contributed by atoms with Gasteiger partial charge in [-0.05, 0) is 39.0 Å². The third kappa shape index (κ3) is 17.4. The van der Waals surface area contributed by atoms with Crippen LogP contribution in [0.3, 0.4) is 0 Å². The number of nitrogens with one attached hydrogen (secondary N) is 1. The van der Waals surface area contributed by atoms with Crippen LogP contribution in [0.15, 0.2) is 12.2 Å². The molecule has 0 aliphatic rings. The second-order valence-corrected chi connectivity index (χ2v) is 6.47. The fourth-order valence-corrected chi connectivity index (χ4v) is 2.66. The van der Waals surface area contributed by atoms with Crippen molar-refractivity contribution in [3.05, 3.63) is 12.2 Å². The van der Waals surface area contributed by atoms with E-state index in [4.69, 9.17) is 0 Å². The molecule has 1 atom stereocenters. The zero-order chi connectivity index (χ0) is 17.2. The van der Waals surface area contributed by atoms with E-state index in [1.54, 1.807) is 0 Å². The average Bonchev–Trinajstić information content (AvgIpc) is 2.53. The molecule has 0 aromatic heterocycles. The number of carbonyl (C=O) groups excluding carboxylic acids is 1. The van der Waals surface area contributed by atoms with Gasteiger partial charge in [0.25, 0.3) is 0 Å². The molecule has 0 saturated carbocycles. The molecule has 0 radical (unpaired) electrons. The number of hydrogen-bond acceptors (Lipinski definition) is 2. The van der Waals surface area contributed by atoms with Crippen molar-refractivity contribution >= 4 is 5.91 Å². The molecule has 1 amide bonds. The average molecular weight is 326 g/mol. The summed E-state index contributed by atoms with van der Waals surface area (Å²) in [5, 5.41) is 12.7. The summed E-state index contributed by atoms with van der Waals surface area (Å²) in [5.74, 6) is 0.184. The molecule has 0 heterocycles. The maximum absolute atomic E-state index is 11.3. The lowest BCUT2D eigenvalue weighted by atomic mass is 10.1. The Balaban J connectivity index is 3.29. The van der Waals surface area contributed by atoms with E-state index in [1.807, 2.05) is 6.92 Å². The molecule has 0 rings (SSSR count). The van der Waals surface area contributed by atoms with Gasteiger partial charge in [0.05, 0.1) is 6.10 Å². The van der Waals surface area contributed by atoms with Gasteiger partial charge in [0, 0.05) is 13.0 Å². The summed E-state index contributed by atoms with van der Waals surface area (Å²) in [6.07, 6.45) is 18.5. The molecule has 23 heavy (non-hydrogen) atoms. The summed E-state index contributed by atoms with van der Waals surface area (Å²) in [7, 11) is 0. The van der Waals surface area contributed by atoms with Gasteiger partial charge in [-0.25, -0.2) is 0 Å². The summed E-state index contributed by atoms with van der Waals surface area (Å²) in [6.45, 7) is 4.90. The molecule has 0 saturated heterocycles. The number of aliphatic hydroxyl groups excluding tert-OH is 1. The summed E-state index contributed by atoms with van der Waals surface area (Å²) in [5.41, 5.74) is 0. The molecule has 3 nitrogen and oxygen atoms in total. The van der Waals surface area contributed by atoms with Crippen LogP contribution in [0, 0.1) is 0 Å². The molecule has 0 fully saturated rings. The molecular formula is C20H39NO2. The molecule has 0 bridgehead atoms. The number of rotatable bonds is 16. The van der Waals surface area contributed by atoms with Crippen LogP contribution < -0.4 is 5.32 Å². The van der Waals surface area contributed by atoms with E-state index in [0.717, 1.165) is 45.1 Å². The molecule has 0 aliphatic carbocycles. The van der Waals surface area contributed by atoms with Crippen LogP contribution >= 0.6 is 0 Å². The molecule has 0 aromatic carbocycles. The lowest BCUT2D eigenvalue weighted by Crippen LogP contribution is -2.21. The van der Waals surface area contributed by atoms with E-state index in [1.165, 1.54) is 38.5 Å². The predicted molar refractivity (Wildman–Crippen MR) is 99.5 cm³/mol. The molecule has 136 valence electrons. The van der Waals surface area contributed by atoms with Gasteiger partial charge in [-0.3, -0.25) is 4.79 Å². The minimum atomic E-state index is -0.155. The topological polar surface area (TPSA) is 49.3 Å². The second kappa shape index (κ2) is 17.5. The molecule has 3 heteroatoms. The van der Waals surface area contributed by atoms with Crippen LogP contribution in [0.5, 0.6) is 0 Å². The first-order valence-corrected chi connectivity index (χ1v) is 9.80. The lowest BCUT2D eigenvalue weighted by Gasteiger charge is -2.07. The summed E-state index contributed by atoms with van der Waals surface area (Å²) in [4.78, 5) is 11.3. The molecule has 0 unspecified atom stereocenters. The summed E-state index contributed by atoms with van der Waals surface area (Å²) < 4.78 is 0. The Kier molecular flexibility index (Phi) is 16.9. The molecule has 2 N–H and O–H groups in total. The van der Waals surface area contributed by atoms with Crippen LogP contribution in [-0.2, 0) is 4.79 Å². The van der Waals surface area contributed by atoms with Crippen LogP contribution in [-0.4, -0.2) is 23.7 Å². The highest BCUT2D eigenvalue weighted by molar-refractivity contribution is 5.75. The van der Waals surface area contributed by atoms with Crippen molar-refractivity contribution < 1.29 is 9.90 Å². The zero-order valence-electron chi connectivity index (χ0n) is 15.5. The normalized spacial score (nSPS) is 12.7. The monoisotopic (exact) mass is 325 g/mol. The van der Waals surface area contributed by atoms with Crippen LogP contribution in [0.1, 0.15) is 97.3 Å². The summed E-state index contributed by atoms with van der Waals surface area (Å²) in [6, 6.07) is 0. The standard InChI is InChI=1S/C20H39NO2/c1-3-5-6-13-16-19(22)17-14-11-9-7-8-10-12-15-18-20(23)21-4-2/h11,14,19,22H,3-10,12-13,15-18H2,1-2H3,(H,21,23)/b14-11-/t19-/m1/s1. The number of aliphatic hydroxyl groups is 1. The van der Waals surface area contributed by atoms with Crippen molar-refractivity contribution in [2.24, 2.45) is 0 Å². The first-order valence-electron chi connectivity index (χ1n) is 9.80. The van der Waals surface area contributed by atoms with Crippen molar-refractivity contribution in [1.82, 2.24) is 5.32 Å². The number of carbonyl (C=O) groups is 1. The maximum atomic E-state index is 11.3. The van der Waals surface area contributed by atoms with Crippen LogP contribution in [0.4, 0.5) is 0 Å². The van der Waals surface area contributed by atoms with Gasteiger partial charge < -0.3 is 10.4 Å². The quantitative estimate of drug-likeness (QED) is 0.305. The first-order chi connectivity index (χ1) is 11.2. The minimum Gasteiger partial charge on any atom is -0.393 e. The molecule has 0 aliphatic heterocycles. The highest BCUT2D eigenvalue weighted by atomic mass is 16.3. The third-order valence-corrected chi connectivity index (χ3v) is 4.11. The van der Waals surface area contributed by atoms with Crippen molar-refractivity contribution in [1.29, 1.82) is 0 Å². The van der Waals surface area contributed by atoms with Crippen molar-refractivity contribution in [3.63, 3.8) is 0 Å². The largest absolute Gasteiger partial charge is 0.393 e. The third-order valence-electron chi connectivity index (χ3n) is 4.11. The maximum Gasteiger partial charge on any atom is 0.219 e. The smallest absolute Gasteiger partial charge is 0.219 e. The van der Waals surface area contributed by atoms with Gasteiger partial charge in [-0.1, -0.05) is 64.0 Å². The molecule has 0 spiro atoms. The molecule has 0 aromatic rings. The fourth-order valence-electron chi connectivity index (χ4n) is 2.66. The van der Waals surface area contributed by atoms with Gasteiger partial charge >= 0.3 is 0 Å². The number of amides is 1. The van der Waals surface area contributed by atoms with E-state index < -0.39 is 0 Å². The van der Waals surface area contributed by atoms with Gasteiger partial charge in [0.1, 0.15) is 0 Å². The number of allylic oxidation sites excluding steroid dienone is 1.